The monoisotopic (exact) mass is 198 g/mol. The Morgan fingerprint density at radius 2 is 2.27 bits per heavy atom. The second-order valence-corrected chi connectivity index (χ2v) is 4.98. The van der Waals surface area contributed by atoms with Gasteiger partial charge in [-0.3, -0.25) is 4.79 Å². The summed E-state index contributed by atoms with van der Waals surface area (Å²) < 4.78 is 23.5. The fraction of sp³-hybridized carbons (Fsp3) is 0.800. The molecule has 4 nitrogen and oxygen atoms in total. The van der Waals surface area contributed by atoms with E-state index >= 15 is 0 Å². The van der Waals surface area contributed by atoms with Gasteiger partial charge in [0, 0.05) is 11.2 Å². The topological polar surface area (TPSA) is 63.6 Å². The Hall–Kier alpha value is -0.200. The number of carbonyl (C=O) groups excluding carboxylic acids is 1. The number of carbonyl (C=O) groups is 1. The van der Waals surface area contributed by atoms with Crippen LogP contribution in [0.5, 0.6) is 0 Å². The summed E-state index contributed by atoms with van der Waals surface area (Å²) in [7, 11) is -3.21. The van der Waals surface area contributed by atoms with E-state index in [-0.39, 0.29) is 18.8 Å². The maximum Gasteiger partial charge on any atom is 0.306 e. The maximum atomic E-state index is 10.6. The van der Waals surface area contributed by atoms with Crippen LogP contribution >= 0.6 is 0 Å². The molecule has 1 N–H and O–H groups in total. The first-order valence-electron chi connectivity index (χ1n) is 3.06. The molecule has 0 radical (unpaired) electrons. The van der Waals surface area contributed by atoms with Crippen LogP contribution in [0.15, 0.2) is 0 Å². The summed E-state index contributed by atoms with van der Waals surface area (Å²) in [5, 5.41) is 0. The lowest BCUT2D eigenvalue weighted by Gasteiger charge is -1.99. The highest BCUT2D eigenvalue weighted by Gasteiger charge is 2.06. The predicted molar refractivity (Wildman–Crippen MR) is 44.3 cm³/mol. The van der Waals surface area contributed by atoms with E-state index in [4.69, 9.17) is 4.55 Å². The van der Waals surface area contributed by atoms with Gasteiger partial charge in [0.25, 0.3) is 0 Å². The molecule has 0 aliphatic carbocycles. The Bertz CT molecular complexity index is 219. The van der Waals surface area contributed by atoms with Gasteiger partial charge in [0.15, 0.2) is 0 Å². The Morgan fingerprint density at radius 3 is 2.64 bits per heavy atom. The number of ether oxygens (including phenoxy) is 1. The van der Waals surface area contributed by atoms with Gasteiger partial charge in [-0.05, 0) is 6.92 Å². The van der Waals surface area contributed by atoms with Gasteiger partial charge >= 0.3 is 5.97 Å². The first kappa shape index (κ1) is 10.8. The summed E-state index contributed by atoms with van der Waals surface area (Å²) in [6.07, 6.45) is -0.0906. The third kappa shape index (κ3) is 7.70. The smallest absolute Gasteiger partial charge is 0.306 e. The zero-order valence-electron chi connectivity index (χ0n) is 6.11. The van der Waals surface area contributed by atoms with Crippen molar-refractivity contribution in [1.29, 1.82) is 0 Å². The van der Waals surface area contributed by atoms with Crippen molar-refractivity contribution in [2.75, 3.05) is 12.4 Å². The van der Waals surface area contributed by atoms with E-state index in [2.05, 4.69) is 15.9 Å². The molecule has 0 aliphatic heterocycles. The van der Waals surface area contributed by atoms with Crippen LogP contribution in [0.1, 0.15) is 13.3 Å². The summed E-state index contributed by atoms with van der Waals surface area (Å²) >= 11 is 4.16. The van der Waals surface area contributed by atoms with Crippen molar-refractivity contribution in [1.82, 2.24) is 0 Å². The molecule has 1 unspecified atom stereocenters. The van der Waals surface area contributed by atoms with Crippen molar-refractivity contribution in [2.24, 2.45) is 0 Å². The Morgan fingerprint density at radius 1 is 1.73 bits per heavy atom. The largest absolute Gasteiger partial charge is 0.466 e. The molecular formula is C5H10O4S2. The van der Waals surface area contributed by atoms with Gasteiger partial charge in [-0.2, -0.15) is 0 Å². The van der Waals surface area contributed by atoms with Crippen molar-refractivity contribution < 1.29 is 18.3 Å². The lowest BCUT2D eigenvalue weighted by atomic mass is 10.5. The minimum Gasteiger partial charge on any atom is -0.466 e. The second kappa shape index (κ2) is 4.63. The van der Waals surface area contributed by atoms with Gasteiger partial charge < -0.3 is 9.29 Å². The lowest BCUT2D eigenvalue weighted by Crippen LogP contribution is -2.11. The normalized spacial score (nSPS) is 15.5. The van der Waals surface area contributed by atoms with E-state index in [0.29, 0.717) is 0 Å². The quantitative estimate of drug-likeness (QED) is 0.652. The third-order valence-corrected chi connectivity index (χ3v) is 2.09. The molecule has 66 valence electrons. The van der Waals surface area contributed by atoms with E-state index < -0.39 is 14.7 Å². The highest BCUT2D eigenvalue weighted by molar-refractivity contribution is 8.29. The molecule has 0 fully saturated rings. The van der Waals surface area contributed by atoms with Gasteiger partial charge in [0.05, 0.1) is 18.8 Å². The molecule has 0 saturated heterocycles. The molecule has 0 aromatic heterocycles. The summed E-state index contributed by atoms with van der Waals surface area (Å²) in [6.45, 7) is 1.95. The highest BCUT2D eigenvalue weighted by atomic mass is 32.8. The number of hydrogen-bond donors (Lipinski definition) is 1. The van der Waals surface area contributed by atoms with Crippen LogP contribution in [0.3, 0.4) is 0 Å². The van der Waals surface area contributed by atoms with E-state index in [1.807, 2.05) is 0 Å². The molecule has 0 aromatic carbocycles. The molecule has 0 heterocycles. The zero-order valence-corrected chi connectivity index (χ0v) is 7.74. The van der Waals surface area contributed by atoms with E-state index in [9.17, 15) is 9.00 Å². The van der Waals surface area contributed by atoms with Crippen molar-refractivity contribution >= 4 is 25.9 Å². The van der Waals surface area contributed by atoms with Gasteiger partial charge in [0.2, 0.25) is 0 Å². The minimum absolute atomic E-state index is 0.0906. The average molecular weight is 198 g/mol. The van der Waals surface area contributed by atoms with Crippen molar-refractivity contribution in [3.05, 3.63) is 0 Å². The van der Waals surface area contributed by atoms with Gasteiger partial charge in [-0.1, -0.05) is 0 Å². The molecule has 0 amide bonds. The molecule has 1 atom stereocenters. The number of hydrogen-bond acceptors (Lipinski definition) is 4. The van der Waals surface area contributed by atoms with Crippen LogP contribution in [-0.4, -0.2) is 27.1 Å². The van der Waals surface area contributed by atoms with E-state index in [1.165, 1.54) is 0 Å². The summed E-state index contributed by atoms with van der Waals surface area (Å²) in [6, 6.07) is 0. The first-order valence-corrected chi connectivity index (χ1v) is 5.67. The molecule has 0 spiro atoms. The van der Waals surface area contributed by atoms with Crippen LogP contribution in [0.2, 0.25) is 0 Å². The van der Waals surface area contributed by atoms with Crippen molar-refractivity contribution in [3.63, 3.8) is 0 Å². The van der Waals surface area contributed by atoms with Crippen molar-refractivity contribution in [3.8, 4) is 0 Å². The standard InChI is InChI=1S/C5H10O4S2/c1-2-9-5(6)3-4-11(7,8)10/h2-4H2,1H3,(H,7,8,10). The predicted octanol–water partition coefficient (Wildman–Crippen LogP) is 0.159. The lowest BCUT2D eigenvalue weighted by molar-refractivity contribution is -0.142. The van der Waals surface area contributed by atoms with Crippen LogP contribution < -0.4 is 0 Å². The fourth-order valence-corrected chi connectivity index (χ4v) is 1.12. The van der Waals surface area contributed by atoms with Crippen LogP contribution in [0.25, 0.3) is 0 Å². The average Bonchev–Trinajstić information content (AvgIpc) is 1.83. The Balaban J connectivity index is 3.64. The molecular weight excluding hydrogens is 188 g/mol. The third-order valence-electron chi connectivity index (χ3n) is 0.869. The van der Waals surface area contributed by atoms with Gasteiger partial charge in [-0.25, -0.2) is 4.21 Å². The molecule has 0 rings (SSSR count). The molecule has 0 aromatic rings. The minimum atomic E-state index is -3.21. The summed E-state index contributed by atoms with van der Waals surface area (Å²) in [5.74, 6) is -0.694. The Kier molecular flexibility index (Phi) is 4.55. The van der Waals surface area contributed by atoms with Gasteiger partial charge in [-0.15, -0.1) is 0 Å². The molecule has 0 saturated carbocycles. The first-order chi connectivity index (χ1) is 4.95. The fourth-order valence-electron chi connectivity index (χ4n) is 0.445. The summed E-state index contributed by atoms with van der Waals surface area (Å²) in [5.41, 5.74) is 0. The van der Waals surface area contributed by atoms with Gasteiger partial charge in [0.1, 0.15) is 8.77 Å². The molecule has 0 aliphatic rings. The van der Waals surface area contributed by atoms with Crippen LogP contribution in [-0.2, 0) is 29.5 Å². The van der Waals surface area contributed by atoms with E-state index in [0.717, 1.165) is 0 Å². The Labute approximate surface area is 70.4 Å². The number of esters is 1. The summed E-state index contributed by atoms with van der Waals surface area (Å²) in [4.78, 5) is 10.6. The molecule has 11 heavy (non-hydrogen) atoms. The molecule has 0 bridgehead atoms. The van der Waals surface area contributed by atoms with Crippen LogP contribution in [0.4, 0.5) is 0 Å². The number of rotatable bonds is 4. The SMILES string of the molecule is CCOC(=O)CCS(=O)(O)=S. The highest BCUT2D eigenvalue weighted by Crippen LogP contribution is 1.91. The van der Waals surface area contributed by atoms with Crippen molar-refractivity contribution in [2.45, 2.75) is 13.3 Å². The van der Waals surface area contributed by atoms with E-state index in [1.54, 1.807) is 6.92 Å². The van der Waals surface area contributed by atoms with Crippen LogP contribution in [0, 0.1) is 0 Å². The second-order valence-electron chi connectivity index (χ2n) is 1.84. The zero-order chi connectivity index (χ0) is 8.91. The molecule has 6 heteroatoms. The maximum absolute atomic E-state index is 10.6.